The summed E-state index contributed by atoms with van der Waals surface area (Å²) in [7, 11) is 1.43. The van der Waals surface area contributed by atoms with Crippen LogP contribution < -0.4 is 9.47 Å². The van der Waals surface area contributed by atoms with Crippen LogP contribution in [0.5, 0.6) is 11.5 Å². The molecule has 1 aliphatic heterocycles. The van der Waals surface area contributed by atoms with E-state index in [9.17, 15) is 14.4 Å². The predicted octanol–water partition coefficient (Wildman–Crippen LogP) is 4.04. The lowest BCUT2D eigenvalue weighted by molar-refractivity contribution is -0.138. The van der Waals surface area contributed by atoms with E-state index in [2.05, 4.69) is 0 Å². The summed E-state index contributed by atoms with van der Waals surface area (Å²) in [6, 6.07) is 21.1. The van der Waals surface area contributed by atoms with E-state index in [1.54, 1.807) is 42.5 Å². The molecule has 0 saturated heterocycles. The first kappa shape index (κ1) is 22.5. The highest BCUT2D eigenvalue weighted by Gasteiger charge is 2.43. The van der Waals surface area contributed by atoms with Crippen LogP contribution in [0, 0.1) is 11.3 Å². The molecule has 7 heteroatoms. The first-order chi connectivity index (χ1) is 16.5. The molecule has 0 spiro atoms. The molecule has 0 bridgehead atoms. The van der Waals surface area contributed by atoms with Crippen LogP contribution >= 0.6 is 0 Å². The standard InChI is InChI=1S/C27H20N2O5/c1-33-24-17-19(10-7-15-28)13-14-23(24)34-27(32)22(16-18-8-3-2-4-9-18)29-25(30)20-11-5-6-12-21(20)26(29)31/h2-14,17,22H,16H2,1H3/b10-7-. The van der Waals surface area contributed by atoms with Gasteiger partial charge in [-0.15, -0.1) is 0 Å². The number of rotatable bonds is 7. The lowest BCUT2D eigenvalue weighted by Gasteiger charge is -2.25. The van der Waals surface area contributed by atoms with E-state index in [4.69, 9.17) is 14.7 Å². The summed E-state index contributed by atoms with van der Waals surface area (Å²) in [5, 5.41) is 8.72. The highest BCUT2D eigenvalue weighted by Crippen LogP contribution is 2.31. The molecule has 1 unspecified atom stereocenters. The van der Waals surface area contributed by atoms with Crippen LogP contribution in [0.25, 0.3) is 6.08 Å². The zero-order chi connectivity index (χ0) is 24.1. The summed E-state index contributed by atoms with van der Waals surface area (Å²) in [6.07, 6.45) is 3.00. The fourth-order valence-corrected chi connectivity index (χ4v) is 3.79. The second-order valence-corrected chi connectivity index (χ2v) is 7.53. The quantitative estimate of drug-likeness (QED) is 0.232. The van der Waals surface area contributed by atoms with E-state index in [-0.39, 0.29) is 29.0 Å². The van der Waals surface area contributed by atoms with Gasteiger partial charge in [0.05, 0.1) is 24.3 Å². The van der Waals surface area contributed by atoms with Gasteiger partial charge in [0.15, 0.2) is 11.5 Å². The molecule has 7 nitrogen and oxygen atoms in total. The fraction of sp³-hybridized carbons (Fsp3) is 0.111. The number of nitriles is 1. The van der Waals surface area contributed by atoms with E-state index in [0.29, 0.717) is 5.56 Å². The highest BCUT2D eigenvalue weighted by atomic mass is 16.6. The van der Waals surface area contributed by atoms with Crippen molar-refractivity contribution in [2.75, 3.05) is 7.11 Å². The number of hydrogen-bond donors (Lipinski definition) is 0. The molecule has 168 valence electrons. The highest BCUT2D eigenvalue weighted by molar-refractivity contribution is 6.22. The van der Waals surface area contributed by atoms with Gasteiger partial charge in [0, 0.05) is 12.5 Å². The summed E-state index contributed by atoms with van der Waals surface area (Å²) in [4.78, 5) is 40.6. The molecule has 0 radical (unpaired) electrons. The van der Waals surface area contributed by atoms with Crippen LogP contribution in [0.3, 0.4) is 0 Å². The van der Waals surface area contributed by atoms with Crippen LogP contribution in [0.4, 0.5) is 0 Å². The topological polar surface area (TPSA) is 96.7 Å². The second kappa shape index (κ2) is 9.84. The molecule has 34 heavy (non-hydrogen) atoms. The van der Waals surface area contributed by atoms with Gasteiger partial charge in [0.1, 0.15) is 6.04 Å². The van der Waals surface area contributed by atoms with Crippen LogP contribution in [-0.4, -0.2) is 35.8 Å². The van der Waals surface area contributed by atoms with Gasteiger partial charge < -0.3 is 9.47 Å². The van der Waals surface area contributed by atoms with Gasteiger partial charge in [0.2, 0.25) is 0 Å². The van der Waals surface area contributed by atoms with Crippen LogP contribution in [0.15, 0.2) is 78.9 Å². The Morgan fingerprint density at radius 2 is 1.62 bits per heavy atom. The van der Waals surface area contributed by atoms with Crippen molar-refractivity contribution in [2.45, 2.75) is 12.5 Å². The lowest BCUT2D eigenvalue weighted by Crippen LogP contribution is -2.48. The summed E-state index contributed by atoms with van der Waals surface area (Å²) in [5.74, 6) is -1.44. The van der Waals surface area contributed by atoms with Gasteiger partial charge in [-0.05, 0) is 41.5 Å². The SMILES string of the molecule is COc1cc(/C=C\C#N)ccc1OC(=O)C(Cc1ccccc1)N1C(=O)c2ccccc2C1=O. The minimum Gasteiger partial charge on any atom is -0.493 e. The third kappa shape index (κ3) is 4.43. The molecule has 0 aromatic heterocycles. The van der Waals surface area contributed by atoms with E-state index < -0.39 is 23.8 Å². The van der Waals surface area contributed by atoms with Gasteiger partial charge in [-0.25, -0.2) is 4.79 Å². The predicted molar refractivity (Wildman–Crippen MR) is 124 cm³/mol. The summed E-state index contributed by atoms with van der Waals surface area (Å²) in [6.45, 7) is 0. The molecule has 3 aromatic carbocycles. The summed E-state index contributed by atoms with van der Waals surface area (Å²) < 4.78 is 11.0. The molecule has 0 aliphatic carbocycles. The smallest absolute Gasteiger partial charge is 0.335 e. The van der Waals surface area contributed by atoms with Crippen molar-refractivity contribution in [1.29, 1.82) is 5.26 Å². The molecule has 1 atom stereocenters. The molecule has 4 rings (SSSR count). The number of benzene rings is 3. The molecular weight excluding hydrogens is 432 g/mol. The number of carbonyl (C=O) groups excluding carboxylic acids is 3. The van der Waals surface area contributed by atoms with Gasteiger partial charge in [0.25, 0.3) is 11.8 Å². The van der Waals surface area contributed by atoms with Crippen LogP contribution in [-0.2, 0) is 11.2 Å². The summed E-state index contributed by atoms with van der Waals surface area (Å²) >= 11 is 0. The number of methoxy groups -OCH3 is 1. The third-order valence-electron chi connectivity index (χ3n) is 5.43. The maximum absolute atomic E-state index is 13.4. The number of carbonyl (C=O) groups is 3. The van der Waals surface area contributed by atoms with Crippen LogP contribution in [0.2, 0.25) is 0 Å². The molecule has 2 amide bonds. The molecule has 1 aliphatic rings. The molecule has 0 saturated carbocycles. The van der Waals surface area contributed by atoms with E-state index >= 15 is 0 Å². The number of imide groups is 1. The number of esters is 1. The van der Waals surface area contributed by atoms with Gasteiger partial charge in [-0.2, -0.15) is 5.26 Å². The van der Waals surface area contributed by atoms with Crippen molar-refractivity contribution in [2.24, 2.45) is 0 Å². The maximum Gasteiger partial charge on any atom is 0.335 e. The summed E-state index contributed by atoms with van der Waals surface area (Å²) in [5.41, 5.74) is 1.96. The molecule has 0 N–H and O–H groups in total. The second-order valence-electron chi connectivity index (χ2n) is 7.53. The minimum absolute atomic E-state index is 0.0937. The average molecular weight is 452 g/mol. The van der Waals surface area contributed by atoms with E-state index in [0.717, 1.165) is 10.5 Å². The lowest BCUT2D eigenvalue weighted by atomic mass is 10.0. The Morgan fingerprint density at radius 1 is 0.971 bits per heavy atom. The number of ether oxygens (including phenoxy) is 2. The minimum atomic E-state index is -1.18. The van der Waals surface area contributed by atoms with Crippen LogP contribution in [0.1, 0.15) is 31.8 Å². The Kier molecular flexibility index (Phi) is 6.51. The largest absolute Gasteiger partial charge is 0.493 e. The fourth-order valence-electron chi connectivity index (χ4n) is 3.79. The Morgan fingerprint density at radius 3 is 2.24 bits per heavy atom. The number of fused-ring (bicyclic) bond motifs is 1. The van der Waals surface area contributed by atoms with Crippen molar-refractivity contribution < 1.29 is 23.9 Å². The van der Waals surface area contributed by atoms with E-state index in [1.807, 2.05) is 36.4 Å². The maximum atomic E-state index is 13.4. The molecule has 1 heterocycles. The number of amides is 2. The Hall–Kier alpha value is -4.70. The monoisotopic (exact) mass is 452 g/mol. The normalized spacial score (nSPS) is 13.5. The number of allylic oxidation sites excluding steroid dienone is 1. The van der Waals surface area contributed by atoms with Crippen molar-refractivity contribution in [3.8, 4) is 17.6 Å². The van der Waals surface area contributed by atoms with Crippen molar-refractivity contribution in [1.82, 2.24) is 4.90 Å². The average Bonchev–Trinajstić information content (AvgIpc) is 3.12. The number of hydrogen-bond acceptors (Lipinski definition) is 6. The van der Waals surface area contributed by atoms with Crippen molar-refractivity contribution in [3.05, 3.63) is 101 Å². The molecule has 0 fully saturated rings. The van der Waals surface area contributed by atoms with Gasteiger partial charge in [-0.1, -0.05) is 48.5 Å². The number of nitrogens with zero attached hydrogens (tertiary/aromatic N) is 2. The first-order valence-electron chi connectivity index (χ1n) is 10.5. The van der Waals surface area contributed by atoms with Crippen molar-refractivity contribution in [3.63, 3.8) is 0 Å². The molecular formula is C27H20N2O5. The van der Waals surface area contributed by atoms with E-state index in [1.165, 1.54) is 19.3 Å². The van der Waals surface area contributed by atoms with Crippen molar-refractivity contribution >= 4 is 23.9 Å². The van der Waals surface area contributed by atoms with Gasteiger partial charge >= 0.3 is 5.97 Å². The molecule has 3 aromatic rings. The Balaban J connectivity index is 1.67. The zero-order valence-corrected chi connectivity index (χ0v) is 18.3. The third-order valence-corrected chi connectivity index (χ3v) is 5.43. The zero-order valence-electron chi connectivity index (χ0n) is 18.3. The first-order valence-corrected chi connectivity index (χ1v) is 10.5. The Labute approximate surface area is 196 Å². The van der Waals surface area contributed by atoms with Gasteiger partial charge in [-0.3, -0.25) is 14.5 Å². The Bertz CT molecular complexity index is 1290.